The third kappa shape index (κ3) is 3.85. The Bertz CT molecular complexity index is 627. The molecule has 0 aliphatic heterocycles. The average molecular weight is 287 g/mol. The minimum absolute atomic E-state index is 0.0770. The largest absolute Gasteiger partial charge is 0.497 e. The summed E-state index contributed by atoms with van der Waals surface area (Å²) in [4.78, 5) is 14.8. The molecule has 0 aliphatic carbocycles. The molecule has 0 fully saturated rings. The van der Waals surface area contributed by atoms with Gasteiger partial charge in [-0.05, 0) is 30.2 Å². The number of nitrogens with one attached hydrogen (secondary N) is 1. The molecule has 4 N–H and O–H groups in total. The topological polar surface area (TPSA) is 97.5 Å². The van der Waals surface area contributed by atoms with Gasteiger partial charge in [-0.1, -0.05) is 12.1 Å². The summed E-state index contributed by atoms with van der Waals surface area (Å²) in [6, 6.07) is 9.19. The molecule has 0 amide bonds. The SMILES string of the molecule is COc1ccc(CCNc2ncc(C(=O)O)cc2N)cc1. The van der Waals surface area contributed by atoms with Crippen LogP contribution in [0.3, 0.4) is 0 Å². The molecule has 0 unspecified atom stereocenters. The molecule has 1 aromatic heterocycles. The van der Waals surface area contributed by atoms with Crippen molar-refractivity contribution >= 4 is 17.5 Å². The second-order valence-corrected chi connectivity index (χ2v) is 4.49. The van der Waals surface area contributed by atoms with Gasteiger partial charge < -0.3 is 20.9 Å². The van der Waals surface area contributed by atoms with Crippen molar-refractivity contribution in [3.8, 4) is 5.75 Å². The average Bonchev–Trinajstić information content (AvgIpc) is 2.49. The van der Waals surface area contributed by atoms with Crippen LogP contribution in [0.25, 0.3) is 0 Å². The number of nitrogens with two attached hydrogens (primary N) is 1. The maximum Gasteiger partial charge on any atom is 0.337 e. The highest BCUT2D eigenvalue weighted by Gasteiger charge is 2.07. The maximum atomic E-state index is 10.8. The zero-order chi connectivity index (χ0) is 15.2. The van der Waals surface area contributed by atoms with E-state index in [-0.39, 0.29) is 5.56 Å². The first-order valence-corrected chi connectivity index (χ1v) is 6.46. The fraction of sp³-hybridized carbons (Fsp3) is 0.200. The zero-order valence-electron chi connectivity index (χ0n) is 11.7. The van der Waals surface area contributed by atoms with Gasteiger partial charge in [0.2, 0.25) is 0 Å². The van der Waals surface area contributed by atoms with Crippen molar-refractivity contribution in [3.63, 3.8) is 0 Å². The van der Waals surface area contributed by atoms with E-state index in [1.165, 1.54) is 12.3 Å². The third-order valence-corrected chi connectivity index (χ3v) is 3.03. The van der Waals surface area contributed by atoms with Gasteiger partial charge in [-0.25, -0.2) is 9.78 Å². The van der Waals surface area contributed by atoms with Crippen LogP contribution in [0.15, 0.2) is 36.5 Å². The number of carboxylic acid groups (broad SMARTS) is 1. The highest BCUT2D eigenvalue weighted by atomic mass is 16.5. The minimum Gasteiger partial charge on any atom is -0.497 e. The van der Waals surface area contributed by atoms with Gasteiger partial charge in [0.15, 0.2) is 0 Å². The number of carboxylic acids is 1. The van der Waals surface area contributed by atoms with Gasteiger partial charge >= 0.3 is 5.97 Å². The minimum atomic E-state index is -1.04. The molecular formula is C15H17N3O3. The smallest absolute Gasteiger partial charge is 0.337 e. The molecule has 1 aromatic carbocycles. The van der Waals surface area contributed by atoms with Crippen molar-refractivity contribution in [1.82, 2.24) is 4.98 Å². The number of nitrogen functional groups attached to an aromatic ring is 1. The highest BCUT2D eigenvalue weighted by Crippen LogP contribution is 2.17. The lowest BCUT2D eigenvalue weighted by molar-refractivity contribution is 0.0696. The molecule has 0 saturated heterocycles. The fourth-order valence-electron chi connectivity index (χ4n) is 1.86. The molecule has 0 saturated carbocycles. The molecule has 2 aromatic rings. The third-order valence-electron chi connectivity index (χ3n) is 3.03. The van der Waals surface area contributed by atoms with E-state index in [0.29, 0.717) is 18.1 Å². The summed E-state index contributed by atoms with van der Waals surface area (Å²) in [5, 5.41) is 11.9. The van der Waals surface area contributed by atoms with Crippen LogP contribution in [0, 0.1) is 0 Å². The molecule has 6 heteroatoms. The maximum absolute atomic E-state index is 10.8. The molecule has 6 nitrogen and oxygen atoms in total. The monoisotopic (exact) mass is 287 g/mol. The Morgan fingerprint density at radius 3 is 2.67 bits per heavy atom. The van der Waals surface area contributed by atoms with E-state index < -0.39 is 5.97 Å². The second kappa shape index (κ2) is 6.60. The number of pyridine rings is 1. The van der Waals surface area contributed by atoms with Crippen LogP contribution >= 0.6 is 0 Å². The molecule has 0 spiro atoms. The van der Waals surface area contributed by atoms with Gasteiger partial charge in [0.1, 0.15) is 11.6 Å². The van der Waals surface area contributed by atoms with E-state index >= 15 is 0 Å². The summed E-state index contributed by atoms with van der Waals surface area (Å²) in [5.74, 6) is 0.273. The number of methoxy groups -OCH3 is 1. The number of aromatic carboxylic acids is 1. The van der Waals surface area contributed by atoms with Crippen molar-refractivity contribution in [1.29, 1.82) is 0 Å². The molecule has 0 radical (unpaired) electrons. The number of hydrogen-bond acceptors (Lipinski definition) is 5. The summed E-state index contributed by atoms with van der Waals surface area (Å²) in [7, 11) is 1.63. The van der Waals surface area contributed by atoms with Gasteiger partial charge in [-0.3, -0.25) is 0 Å². The number of nitrogens with zero attached hydrogens (tertiary/aromatic N) is 1. The second-order valence-electron chi connectivity index (χ2n) is 4.49. The molecule has 2 rings (SSSR count). The summed E-state index contributed by atoms with van der Waals surface area (Å²) in [6.45, 7) is 0.649. The van der Waals surface area contributed by atoms with Gasteiger partial charge in [0.05, 0.1) is 18.4 Å². The fourth-order valence-corrected chi connectivity index (χ4v) is 1.86. The van der Waals surface area contributed by atoms with Crippen LogP contribution in [-0.2, 0) is 6.42 Å². The molecule has 0 bridgehead atoms. The van der Waals surface area contributed by atoms with Crippen LogP contribution in [0.5, 0.6) is 5.75 Å². The lowest BCUT2D eigenvalue weighted by Crippen LogP contribution is -2.10. The summed E-state index contributed by atoms with van der Waals surface area (Å²) >= 11 is 0. The Hall–Kier alpha value is -2.76. The lowest BCUT2D eigenvalue weighted by atomic mass is 10.1. The Morgan fingerprint density at radius 1 is 1.38 bits per heavy atom. The number of aromatic nitrogens is 1. The van der Waals surface area contributed by atoms with E-state index in [2.05, 4.69) is 10.3 Å². The number of hydrogen-bond donors (Lipinski definition) is 3. The molecule has 1 heterocycles. The van der Waals surface area contributed by atoms with E-state index in [9.17, 15) is 4.79 Å². The number of carbonyl (C=O) groups is 1. The molecular weight excluding hydrogens is 270 g/mol. The molecule has 21 heavy (non-hydrogen) atoms. The normalized spacial score (nSPS) is 10.1. The molecule has 0 atom stereocenters. The van der Waals surface area contributed by atoms with E-state index in [0.717, 1.165) is 17.7 Å². The highest BCUT2D eigenvalue weighted by molar-refractivity contribution is 5.89. The summed E-state index contributed by atoms with van der Waals surface area (Å²) in [5.41, 5.74) is 7.33. The van der Waals surface area contributed by atoms with Crippen molar-refractivity contribution in [2.45, 2.75) is 6.42 Å². The van der Waals surface area contributed by atoms with Gasteiger partial charge in [-0.2, -0.15) is 0 Å². The summed E-state index contributed by atoms with van der Waals surface area (Å²) < 4.78 is 5.10. The van der Waals surface area contributed by atoms with Crippen LogP contribution in [-0.4, -0.2) is 29.7 Å². The van der Waals surface area contributed by atoms with E-state index in [1.54, 1.807) is 7.11 Å². The van der Waals surface area contributed by atoms with Crippen molar-refractivity contribution in [2.75, 3.05) is 24.7 Å². The number of rotatable bonds is 6. The number of ether oxygens (including phenoxy) is 1. The standard InChI is InChI=1S/C15H17N3O3/c1-21-12-4-2-10(3-5-12)6-7-17-14-13(16)8-11(9-18-14)15(19)20/h2-5,8-9H,6-7,16H2,1H3,(H,17,18)(H,19,20). The number of anilines is 2. The Balaban J connectivity index is 1.92. The Morgan fingerprint density at radius 2 is 2.10 bits per heavy atom. The first-order chi connectivity index (χ1) is 10.1. The zero-order valence-corrected chi connectivity index (χ0v) is 11.7. The quantitative estimate of drug-likeness (QED) is 0.752. The van der Waals surface area contributed by atoms with Crippen LogP contribution in [0.2, 0.25) is 0 Å². The first-order valence-electron chi connectivity index (χ1n) is 6.46. The van der Waals surface area contributed by atoms with Crippen LogP contribution in [0.1, 0.15) is 15.9 Å². The Kier molecular flexibility index (Phi) is 4.61. The van der Waals surface area contributed by atoms with E-state index in [1.807, 2.05) is 24.3 Å². The van der Waals surface area contributed by atoms with E-state index in [4.69, 9.17) is 15.6 Å². The van der Waals surface area contributed by atoms with Crippen LogP contribution < -0.4 is 15.8 Å². The molecule has 0 aliphatic rings. The van der Waals surface area contributed by atoms with Gasteiger partial charge in [-0.15, -0.1) is 0 Å². The lowest BCUT2D eigenvalue weighted by Gasteiger charge is -2.09. The number of benzene rings is 1. The first kappa shape index (κ1) is 14.6. The predicted octanol–water partition coefficient (Wildman–Crippen LogP) is 2.03. The van der Waals surface area contributed by atoms with Crippen molar-refractivity contribution in [3.05, 3.63) is 47.7 Å². The van der Waals surface area contributed by atoms with Crippen LogP contribution in [0.4, 0.5) is 11.5 Å². The van der Waals surface area contributed by atoms with Crippen molar-refractivity contribution in [2.24, 2.45) is 0 Å². The predicted molar refractivity (Wildman–Crippen MR) is 80.8 cm³/mol. The van der Waals surface area contributed by atoms with Gasteiger partial charge in [0, 0.05) is 12.7 Å². The van der Waals surface area contributed by atoms with Gasteiger partial charge in [0.25, 0.3) is 0 Å². The summed E-state index contributed by atoms with van der Waals surface area (Å²) in [6.07, 6.45) is 2.08. The Labute approximate surface area is 122 Å². The molecule has 110 valence electrons. The van der Waals surface area contributed by atoms with Crippen molar-refractivity contribution < 1.29 is 14.6 Å².